The van der Waals surface area contributed by atoms with Crippen LogP contribution in [0.4, 0.5) is 4.79 Å². The highest BCUT2D eigenvalue weighted by atomic mass is 16.6. The van der Waals surface area contributed by atoms with Gasteiger partial charge in [-0.3, -0.25) is 4.98 Å². The Morgan fingerprint density at radius 2 is 2.10 bits per heavy atom. The van der Waals surface area contributed by atoms with Crippen LogP contribution in [0.15, 0.2) is 24.4 Å². The molecular formula is C14H20N2O4. The fourth-order valence-corrected chi connectivity index (χ4v) is 1.55. The average molecular weight is 280 g/mol. The number of aliphatic carboxylic acids is 1. The predicted octanol–water partition coefficient (Wildman–Crippen LogP) is 1.99. The normalized spacial score (nSPS) is 12.6. The number of alkyl carbamates (subject to hydrolysis) is 1. The van der Waals surface area contributed by atoms with Crippen molar-refractivity contribution in [2.75, 3.05) is 0 Å². The van der Waals surface area contributed by atoms with Gasteiger partial charge in [-0.25, -0.2) is 9.59 Å². The smallest absolute Gasteiger partial charge is 0.408 e. The molecule has 0 aliphatic heterocycles. The first-order valence-corrected chi connectivity index (χ1v) is 6.40. The van der Waals surface area contributed by atoms with E-state index in [9.17, 15) is 9.59 Å². The lowest BCUT2D eigenvalue weighted by molar-refractivity contribution is -0.139. The van der Waals surface area contributed by atoms with Gasteiger partial charge in [0.2, 0.25) is 0 Å². The fourth-order valence-electron chi connectivity index (χ4n) is 1.55. The molecule has 1 amide bonds. The van der Waals surface area contributed by atoms with Crippen molar-refractivity contribution in [1.29, 1.82) is 0 Å². The average Bonchev–Trinajstić information content (AvgIpc) is 2.33. The minimum Gasteiger partial charge on any atom is -0.480 e. The molecule has 110 valence electrons. The maximum absolute atomic E-state index is 11.6. The summed E-state index contributed by atoms with van der Waals surface area (Å²) in [5, 5.41) is 11.5. The molecule has 0 fully saturated rings. The summed E-state index contributed by atoms with van der Waals surface area (Å²) in [6.07, 6.45) is 1.64. The van der Waals surface area contributed by atoms with Crippen LogP contribution in [-0.2, 0) is 16.0 Å². The van der Waals surface area contributed by atoms with Crippen LogP contribution in [-0.4, -0.2) is 33.8 Å². The summed E-state index contributed by atoms with van der Waals surface area (Å²) >= 11 is 0. The van der Waals surface area contributed by atoms with E-state index in [4.69, 9.17) is 9.84 Å². The predicted molar refractivity (Wildman–Crippen MR) is 73.4 cm³/mol. The van der Waals surface area contributed by atoms with Gasteiger partial charge in [0.25, 0.3) is 0 Å². The van der Waals surface area contributed by atoms with Gasteiger partial charge in [-0.1, -0.05) is 6.07 Å². The van der Waals surface area contributed by atoms with Crippen LogP contribution < -0.4 is 5.32 Å². The summed E-state index contributed by atoms with van der Waals surface area (Å²) < 4.78 is 5.04. The summed E-state index contributed by atoms with van der Waals surface area (Å²) in [6.45, 7) is 5.16. The number of ether oxygens (including phenoxy) is 1. The third-order valence-electron chi connectivity index (χ3n) is 2.40. The van der Waals surface area contributed by atoms with E-state index < -0.39 is 23.7 Å². The number of aryl methyl sites for hydroxylation is 1. The zero-order valence-electron chi connectivity index (χ0n) is 11.9. The van der Waals surface area contributed by atoms with Gasteiger partial charge >= 0.3 is 12.1 Å². The maximum Gasteiger partial charge on any atom is 0.408 e. The lowest BCUT2D eigenvalue weighted by Crippen LogP contribution is -2.43. The summed E-state index contributed by atoms with van der Waals surface area (Å²) in [6, 6.07) is 4.44. The van der Waals surface area contributed by atoms with E-state index >= 15 is 0 Å². The molecule has 6 heteroatoms. The van der Waals surface area contributed by atoms with Crippen molar-refractivity contribution in [3.05, 3.63) is 30.1 Å². The molecule has 0 aliphatic rings. The number of nitrogens with zero attached hydrogens (tertiary/aromatic N) is 1. The second-order valence-corrected chi connectivity index (χ2v) is 5.40. The summed E-state index contributed by atoms with van der Waals surface area (Å²) in [7, 11) is 0. The minimum atomic E-state index is -1.09. The van der Waals surface area contributed by atoms with E-state index in [1.165, 1.54) is 0 Å². The zero-order chi connectivity index (χ0) is 15.2. The molecule has 6 nitrogen and oxygen atoms in total. The summed E-state index contributed by atoms with van der Waals surface area (Å²) in [4.78, 5) is 26.8. The quantitative estimate of drug-likeness (QED) is 0.861. The molecule has 0 radical (unpaired) electrons. The van der Waals surface area contributed by atoms with Crippen molar-refractivity contribution in [2.45, 2.75) is 45.3 Å². The first-order valence-electron chi connectivity index (χ1n) is 6.40. The van der Waals surface area contributed by atoms with Crippen LogP contribution in [0.25, 0.3) is 0 Å². The van der Waals surface area contributed by atoms with Crippen molar-refractivity contribution < 1.29 is 19.4 Å². The van der Waals surface area contributed by atoms with Crippen LogP contribution >= 0.6 is 0 Å². The van der Waals surface area contributed by atoms with Crippen molar-refractivity contribution >= 4 is 12.1 Å². The summed E-state index contributed by atoms with van der Waals surface area (Å²) in [5.74, 6) is -1.09. The Balaban J connectivity index is 2.53. The van der Waals surface area contributed by atoms with Crippen molar-refractivity contribution in [1.82, 2.24) is 10.3 Å². The lowest BCUT2D eigenvalue weighted by atomic mass is 10.1. The second-order valence-electron chi connectivity index (χ2n) is 5.40. The molecule has 0 saturated heterocycles. The van der Waals surface area contributed by atoms with E-state index in [0.717, 1.165) is 5.69 Å². The molecule has 1 aromatic heterocycles. The van der Waals surface area contributed by atoms with Crippen LogP contribution in [0.3, 0.4) is 0 Å². The van der Waals surface area contributed by atoms with Gasteiger partial charge in [-0.2, -0.15) is 0 Å². The van der Waals surface area contributed by atoms with Crippen molar-refractivity contribution in [3.63, 3.8) is 0 Å². The molecular weight excluding hydrogens is 260 g/mol. The third kappa shape index (κ3) is 6.17. The molecule has 1 heterocycles. The first-order chi connectivity index (χ1) is 9.28. The zero-order valence-corrected chi connectivity index (χ0v) is 11.9. The van der Waals surface area contributed by atoms with Gasteiger partial charge in [-0.05, 0) is 45.7 Å². The maximum atomic E-state index is 11.6. The monoisotopic (exact) mass is 280 g/mol. The number of amides is 1. The highest BCUT2D eigenvalue weighted by Crippen LogP contribution is 2.08. The van der Waals surface area contributed by atoms with Gasteiger partial charge in [0, 0.05) is 11.9 Å². The standard InChI is InChI=1S/C14H20N2O4/c1-14(2,3)20-13(19)16-11(12(17)18)8-7-10-6-4-5-9-15-10/h4-6,9,11H,7-8H2,1-3H3,(H,16,19)(H,17,18)/t11-/m0/s1. The molecule has 0 aliphatic carbocycles. The van der Waals surface area contributed by atoms with Crippen LogP contribution in [0.5, 0.6) is 0 Å². The molecule has 1 atom stereocenters. The third-order valence-corrected chi connectivity index (χ3v) is 2.40. The van der Waals surface area contributed by atoms with E-state index in [1.807, 2.05) is 12.1 Å². The number of carbonyl (C=O) groups is 2. The molecule has 0 spiro atoms. The van der Waals surface area contributed by atoms with E-state index in [1.54, 1.807) is 33.0 Å². The minimum absolute atomic E-state index is 0.256. The van der Waals surface area contributed by atoms with Crippen molar-refractivity contribution in [3.8, 4) is 0 Å². The molecule has 0 aromatic carbocycles. The Morgan fingerprint density at radius 3 is 2.60 bits per heavy atom. The molecule has 1 aromatic rings. The number of rotatable bonds is 5. The fraction of sp³-hybridized carbons (Fsp3) is 0.500. The molecule has 2 N–H and O–H groups in total. The Kier molecular flexibility index (Phi) is 5.49. The van der Waals surface area contributed by atoms with Crippen LogP contribution in [0.1, 0.15) is 32.9 Å². The number of carboxylic acids is 1. The molecule has 20 heavy (non-hydrogen) atoms. The second kappa shape index (κ2) is 6.88. The number of carbonyl (C=O) groups excluding carboxylic acids is 1. The van der Waals surface area contributed by atoms with Gasteiger partial charge < -0.3 is 15.2 Å². The van der Waals surface area contributed by atoms with Gasteiger partial charge in [0.1, 0.15) is 11.6 Å². The first kappa shape index (κ1) is 15.9. The van der Waals surface area contributed by atoms with Gasteiger partial charge in [0.15, 0.2) is 0 Å². The Morgan fingerprint density at radius 1 is 1.40 bits per heavy atom. The number of aromatic nitrogens is 1. The van der Waals surface area contributed by atoms with E-state index in [-0.39, 0.29) is 6.42 Å². The Labute approximate surface area is 118 Å². The topological polar surface area (TPSA) is 88.5 Å². The van der Waals surface area contributed by atoms with Crippen LogP contribution in [0.2, 0.25) is 0 Å². The molecule has 0 unspecified atom stereocenters. The largest absolute Gasteiger partial charge is 0.480 e. The number of nitrogens with one attached hydrogen (secondary N) is 1. The van der Waals surface area contributed by atoms with E-state index in [0.29, 0.717) is 6.42 Å². The number of carboxylic acid groups (broad SMARTS) is 1. The Bertz CT molecular complexity index is 454. The molecule has 1 rings (SSSR count). The SMILES string of the molecule is CC(C)(C)OC(=O)N[C@@H](CCc1ccccn1)C(=O)O. The highest BCUT2D eigenvalue weighted by Gasteiger charge is 2.23. The van der Waals surface area contributed by atoms with Gasteiger partial charge in [-0.15, -0.1) is 0 Å². The number of hydrogen-bond acceptors (Lipinski definition) is 4. The van der Waals surface area contributed by atoms with E-state index in [2.05, 4.69) is 10.3 Å². The lowest BCUT2D eigenvalue weighted by Gasteiger charge is -2.21. The molecule has 0 bridgehead atoms. The van der Waals surface area contributed by atoms with Gasteiger partial charge in [0.05, 0.1) is 0 Å². The number of hydrogen-bond donors (Lipinski definition) is 2. The Hall–Kier alpha value is -2.11. The highest BCUT2D eigenvalue weighted by molar-refractivity contribution is 5.79. The van der Waals surface area contributed by atoms with Crippen molar-refractivity contribution in [2.24, 2.45) is 0 Å². The number of pyridine rings is 1. The summed E-state index contributed by atoms with van der Waals surface area (Å²) in [5.41, 5.74) is 0.124. The molecule has 0 saturated carbocycles. The van der Waals surface area contributed by atoms with Crippen LogP contribution in [0, 0.1) is 0 Å².